The summed E-state index contributed by atoms with van der Waals surface area (Å²) in [6.45, 7) is 4.39. The summed E-state index contributed by atoms with van der Waals surface area (Å²) in [4.78, 5) is 0. The first-order valence-corrected chi connectivity index (χ1v) is 8.60. The largest absolute Gasteiger partial charge is 0.285 e. The zero-order valence-corrected chi connectivity index (χ0v) is 14.2. The third kappa shape index (κ3) is 2.18. The van der Waals surface area contributed by atoms with Gasteiger partial charge >= 0.3 is 0 Å². The van der Waals surface area contributed by atoms with Gasteiger partial charge in [0.25, 0.3) is 0 Å². The Kier molecular flexibility index (Phi) is 3.42. The van der Waals surface area contributed by atoms with Gasteiger partial charge in [-0.15, -0.1) is 10.2 Å². The third-order valence-electron chi connectivity index (χ3n) is 5.12. The van der Waals surface area contributed by atoms with Gasteiger partial charge in [-0.1, -0.05) is 50.1 Å². The molecule has 0 N–H and O–H groups in total. The van der Waals surface area contributed by atoms with Crippen molar-refractivity contribution < 1.29 is 0 Å². The number of aromatic nitrogens is 3. The fraction of sp³-hybridized carbons (Fsp3) is 0.368. The first-order valence-electron chi connectivity index (χ1n) is 8.22. The fourth-order valence-electron chi connectivity index (χ4n) is 3.65. The molecule has 0 amide bonds. The summed E-state index contributed by atoms with van der Waals surface area (Å²) in [5.74, 6) is 1.49. The highest BCUT2D eigenvalue weighted by Gasteiger charge is 2.44. The zero-order valence-electron chi connectivity index (χ0n) is 13.5. The number of halogens is 1. The van der Waals surface area contributed by atoms with Crippen LogP contribution in [-0.4, -0.2) is 14.6 Å². The Hall–Kier alpha value is -1.87. The first kappa shape index (κ1) is 14.7. The maximum absolute atomic E-state index is 6.07. The van der Waals surface area contributed by atoms with Crippen molar-refractivity contribution in [3.63, 3.8) is 0 Å². The highest BCUT2D eigenvalue weighted by Crippen LogP contribution is 2.48. The van der Waals surface area contributed by atoms with Crippen LogP contribution in [0.5, 0.6) is 0 Å². The van der Waals surface area contributed by atoms with Crippen LogP contribution in [0.4, 0.5) is 0 Å². The van der Waals surface area contributed by atoms with E-state index in [1.54, 1.807) is 0 Å². The van der Waals surface area contributed by atoms with Gasteiger partial charge in [-0.3, -0.25) is 4.40 Å². The summed E-state index contributed by atoms with van der Waals surface area (Å²) in [6.07, 6.45) is 5.54. The van der Waals surface area contributed by atoms with Crippen molar-refractivity contribution in [2.24, 2.45) is 0 Å². The molecule has 4 heteroatoms. The number of nitrogens with zero attached hydrogens (tertiary/aromatic N) is 3. The van der Waals surface area contributed by atoms with Gasteiger partial charge in [0.15, 0.2) is 5.65 Å². The summed E-state index contributed by atoms with van der Waals surface area (Å²) in [7, 11) is 0. The van der Waals surface area contributed by atoms with E-state index in [0.717, 1.165) is 29.3 Å². The van der Waals surface area contributed by atoms with Crippen LogP contribution in [-0.2, 0) is 5.41 Å². The number of hydrogen-bond acceptors (Lipinski definition) is 2. The molecule has 0 unspecified atom stereocenters. The van der Waals surface area contributed by atoms with E-state index in [4.69, 9.17) is 11.6 Å². The second kappa shape index (κ2) is 5.34. The molecule has 1 fully saturated rings. The number of rotatable bonds is 3. The third-order valence-corrected chi connectivity index (χ3v) is 5.37. The molecule has 2 heterocycles. The number of hydrogen-bond donors (Lipinski definition) is 0. The van der Waals surface area contributed by atoms with E-state index in [0.29, 0.717) is 5.92 Å². The van der Waals surface area contributed by atoms with Crippen molar-refractivity contribution in [3.8, 4) is 0 Å². The predicted molar refractivity (Wildman–Crippen MR) is 93.2 cm³/mol. The van der Waals surface area contributed by atoms with Gasteiger partial charge in [-0.05, 0) is 48.1 Å². The van der Waals surface area contributed by atoms with E-state index in [2.05, 4.69) is 58.9 Å². The Bertz CT molecular complexity index is 845. The van der Waals surface area contributed by atoms with Crippen LogP contribution in [0.25, 0.3) is 5.65 Å². The molecule has 1 aromatic carbocycles. The van der Waals surface area contributed by atoms with Crippen molar-refractivity contribution in [1.82, 2.24) is 14.6 Å². The lowest BCUT2D eigenvalue weighted by Crippen LogP contribution is -2.37. The molecule has 118 valence electrons. The molecule has 3 nitrogen and oxygen atoms in total. The zero-order chi connectivity index (χ0) is 16.0. The lowest BCUT2D eigenvalue weighted by atomic mass is 9.64. The minimum atomic E-state index is -0.0282. The van der Waals surface area contributed by atoms with Gasteiger partial charge in [-0.25, -0.2) is 0 Å². The van der Waals surface area contributed by atoms with Gasteiger partial charge in [0.2, 0.25) is 0 Å². The molecule has 0 aliphatic heterocycles. The lowest BCUT2D eigenvalue weighted by molar-refractivity contribution is 0.283. The lowest BCUT2D eigenvalue weighted by Gasteiger charge is -2.40. The summed E-state index contributed by atoms with van der Waals surface area (Å²) in [5.41, 5.74) is 3.49. The number of pyridine rings is 1. The summed E-state index contributed by atoms with van der Waals surface area (Å²) in [5, 5.41) is 9.90. The molecule has 0 radical (unpaired) electrons. The van der Waals surface area contributed by atoms with Crippen molar-refractivity contribution in [1.29, 1.82) is 0 Å². The Morgan fingerprint density at radius 3 is 2.43 bits per heavy atom. The summed E-state index contributed by atoms with van der Waals surface area (Å²) >= 11 is 6.07. The predicted octanol–water partition coefficient (Wildman–Crippen LogP) is 4.98. The molecule has 0 atom stereocenters. The molecule has 1 aliphatic carbocycles. The summed E-state index contributed by atoms with van der Waals surface area (Å²) in [6, 6.07) is 12.5. The van der Waals surface area contributed by atoms with Crippen molar-refractivity contribution in [2.75, 3.05) is 0 Å². The minimum Gasteiger partial charge on any atom is -0.285 e. The molecule has 0 bridgehead atoms. The van der Waals surface area contributed by atoms with Crippen LogP contribution in [0.1, 0.15) is 56.0 Å². The SMILES string of the molecule is CC(C)c1cccn2c(C3(c4ccc(Cl)cc4)CCC3)nnc12. The molecular formula is C19H20ClN3. The van der Waals surface area contributed by atoms with E-state index in [-0.39, 0.29) is 5.41 Å². The van der Waals surface area contributed by atoms with Crippen LogP contribution in [0.15, 0.2) is 42.6 Å². The van der Waals surface area contributed by atoms with Crippen molar-refractivity contribution >= 4 is 17.2 Å². The Balaban J connectivity index is 1.90. The van der Waals surface area contributed by atoms with Crippen LogP contribution >= 0.6 is 11.6 Å². The monoisotopic (exact) mass is 325 g/mol. The average molecular weight is 326 g/mol. The Labute approximate surface area is 141 Å². The first-order chi connectivity index (χ1) is 11.1. The second-order valence-corrected chi connectivity index (χ2v) is 7.21. The van der Waals surface area contributed by atoms with Crippen molar-refractivity contribution in [2.45, 2.75) is 44.4 Å². The number of fused-ring (bicyclic) bond motifs is 1. The van der Waals surface area contributed by atoms with Crippen LogP contribution in [0.2, 0.25) is 5.02 Å². The van der Waals surface area contributed by atoms with Crippen LogP contribution < -0.4 is 0 Å². The average Bonchev–Trinajstić information content (AvgIpc) is 2.92. The van der Waals surface area contributed by atoms with Gasteiger partial charge < -0.3 is 0 Å². The molecular weight excluding hydrogens is 306 g/mol. The standard InChI is InChI=1S/C19H20ClN3/c1-13(2)16-5-3-12-23-17(16)21-22-18(23)19(10-4-11-19)14-6-8-15(20)9-7-14/h3,5-9,12-13H,4,10-11H2,1-2H3. The van der Waals surface area contributed by atoms with E-state index in [9.17, 15) is 0 Å². The highest BCUT2D eigenvalue weighted by atomic mass is 35.5. The molecule has 0 saturated heterocycles. The molecule has 23 heavy (non-hydrogen) atoms. The second-order valence-electron chi connectivity index (χ2n) is 6.78. The Morgan fingerprint density at radius 1 is 1.09 bits per heavy atom. The normalized spacial score (nSPS) is 16.7. The number of benzene rings is 1. The van der Waals surface area contributed by atoms with Crippen molar-refractivity contribution in [3.05, 3.63) is 64.6 Å². The van der Waals surface area contributed by atoms with Gasteiger partial charge in [0.05, 0.1) is 5.41 Å². The van der Waals surface area contributed by atoms with E-state index in [1.165, 1.54) is 17.5 Å². The van der Waals surface area contributed by atoms with E-state index in [1.807, 2.05) is 12.1 Å². The summed E-state index contributed by atoms with van der Waals surface area (Å²) < 4.78 is 2.18. The van der Waals surface area contributed by atoms with Crippen LogP contribution in [0, 0.1) is 0 Å². The molecule has 4 rings (SSSR count). The molecule has 0 spiro atoms. The van der Waals surface area contributed by atoms with Gasteiger partial charge in [-0.2, -0.15) is 0 Å². The minimum absolute atomic E-state index is 0.0282. The van der Waals surface area contributed by atoms with Gasteiger partial charge in [0.1, 0.15) is 5.82 Å². The van der Waals surface area contributed by atoms with Crippen LogP contribution in [0.3, 0.4) is 0 Å². The Morgan fingerprint density at radius 2 is 1.83 bits per heavy atom. The molecule has 2 aromatic heterocycles. The van der Waals surface area contributed by atoms with Gasteiger partial charge in [0, 0.05) is 11.2 Å². The maximum atomic E-state index is 6.07. The molecule has 3 aromatic rings. The van der Waals surface area contributed by atoms with E-state index < -0.39 is 0 Å². The highest BCUT2D eigenvalue weighted by molar-refractivity contribution is 6.30. The fourth-order valence-corrected chi connectivity index (χ4v) is 3.78. The smallest absolute Gasteiger partial charge is 0.164 e. The molecule has 1 saturated carbocycles. The quantitative estimate of drug-likeness (QED) is 0.680. The maximum Gasteiger partial charge on any atom is 0.164 e. The molecule has 1 aliphatic rings. The van der Waals surface area contributed by atoms with E-state index >= 15 is 0 Å². The topological polar surface area (TPSA) is 30.2 Å².